The van der Waals surface area contributed by atoms with Gasteiger partial charge in [-0.25, -0.2) is 4.98 Å². The molecule has 2 rings (SSSR count). The Kier molecular flexibility index (Phi) is 2.26. The number of nitriles is 1. The van der Waals surface area contributed by atoms with Crippen LogP contribution in [0.5, 0.6) is 0 Å². The van der Waals surface area contributed by atoms with Crippen LogP contribution in [0.1, 0.15) is 16.8 Å². The maximum Gasteiger partial charge on any atom is 0.158 e. The molecule has 0 atom stereocenters. The van der Waals surface area contributed by atoms with Gasteiger partial charge in [-0.15, -0.1) is 0 Å². The van der Waals surface area contributed by atoms with Gasteiger partial charge in [0.25, 0.3) is 0 Å². The van der Waals surface area contributed by atoms with Crippen molar-refractivity contribution in [2.45, 2.75) is 13.8 Å². The van der Waals surface area contributed by atoms with Crippen molar-refractivity contribution in [3.05, 3.63) is 47.5 Å². The van der Waals surface area contributed by atoms with Gasteiger partial charge in [-0.2, -0.15) is 5.26 Å². The van der Waals surface area contributed by atoms with Gasteiger partial charge >= 0.3 is 0 Å². The van der Waals surface area contributed by atoms with Crippen molar-refractivity contribution in [3.63, 3.8) is 0 Å². The van der Waals surface area contributed by atoms with Gasteiger partial charge in [0.05, 0.1) is 0 Å². The third kappa shape index (κ3) is 1.89. The van der Waals surface area contributed by atoms with E-state index in [4.69, 9.17) is 5.26 Å². The predicted molar refractivity (Wildman–Crippen MR) is 57.8 cm³/mol. The summed E-state index contributed by atoms with van der Waals surface area (Å²) in [5.74, 6) is 0. The molecule has 0 saturated heterocycles. The molecule has 3 nitrogen and oxygen atoms in total. The third-order valence-corrected chi connectivity index (χ3v) is 2.20. The highest BCUT2D eigenvalue weighted by atomic mass is 15.0. The topological polar surface area (TPSA) is 41.6 Å². The summed E-state index contributed by atoms with van der Waals surface area (Å²) in [6.45, 7) is 4.11. The van der Waals surface area contributed by atoms with E-state index in [1.807, 2.05) is 10.6 Å². The molecule has 3 heteroatoms. The minimum Gasteiger partial charge on any atom is -0.305 e. The highest BCUT2D eigenvalue weighted by Crippen LogP contribution is 2.13. The van der Waals surface area contributed by atoms with Crippen molar-refractivity contribution in [3.8, 4) is 11.8 Å². The normalized spacial score (nSPS) is 9.93. The molecule has 0 amide bonds. The van der Waals surface area contributed by atoms with Gasteiger partial charge in [-0.3, -0.25) is 0 Å². The van der Waals surface area contributed by atoms with Crippen LogP contribution in [0.3, 0.4) is 0 Å². The number of nitrogens with zero attached hydrogens (tertiary/aromatic N) is 3. The lowest BCUT2D eigenvalue weighted by Crippen LogP contribution is -1.91. The molecule has 0 spiro atoms. The first-order valence-corrected chi connectivity index (χ1v) is 4.72. The molecule has 0 N–H and O–H groups in total. The van der Waals surface area contributed by atoms with Gasteiger partial charge in [-0.05, 0) is 37.1 Å². The highest BCUT2D eigenvalue weighted by molar-refractivity contribution is 5.40. The summed E-state index contributed by atoms with van der Waals surface area (Å²) in [5.41, 5.74) is 3.89. The Hall–Kier alpha value is -2.08. The van der Waals surface area contributed by atoms with Crippen LogP contribution in [0, 0.1) is 25.2 Å². The van der Waals surface area contributed by atoms with Crippen molar-refractivity contribution in [2.75, 3.05) is 0 Å². The molecule has 0 radical (unpaired) electrons. The molecule has 0 aliphatic rings. The van der Waals surface area contributed by atoms with E-state index in [1.165, 1.54) is 11.1 Å². The Morgan fingerprint density at radius 3 is 2.40 bits per heavy atom. The lowest BCUT2D eigenvalue weighted by molar-refractivity contribution is 1.05. The van der Waals surface area contributed by atoms with Crippen molar-refractivity contribution < 1.29 is 0 Å². The van der Waals surface area contributed by atoms with Gasteiger partial charge in [0.15, 0.2) is 5.69 Å². The van der Waals surface area contributed by atoms with Crippen LogP contribution in [0.25, 0.3) is 5.69 Å². The summed E-state index contributed by atoms with van der Waals surface area (Å²) in [6, 6.07) is 8.26. The van der Waals surface area contributed by atoms with E-state index in [0.717, 1.165) is 5.69 Å². The number of benzene rings is 1. The van der Waals surface area contributed by atoms with Crippen LogP contribution in [0.15, 0.2) is 30.7 Å². The Labute approximate surface area is 88.6 Å². The SMILES string of the molecule is Cc1cc(C)cc(-n2cnc(C#N)c2)c1. The molecular weight excluding hydrogens is 186 g/mol. The minimum absolute atomic E-state index is 0.439. The Balaban J connectivity index is 2.50. The van der Waals surface area contributed by atoms with Crippen molar-refractivity contribution >= 4 is 0 Å². The van der Waals surface area contributed by atoms with Gasteiger partial charge in [0.2, 0.25) is 0 Å². The molecule has 2 aromatic rings. The zero-order chi connectivity index (χ0) is 10.8. The van der Waals surface area contributed by atoms with E-state index >= 15 is 0 Å². The standard InChI is InChI=1S/C12H11N3/c1-9-3-10(2)5-12(4-9)15-7-11(6-13)14-8-15/h3-5,7-8H,1-2H3. The van der Waals surface area contributed by atoms with Crippen LogP contribution in [-0.2, 0) is 0 Å². The molecule has 0 aliphatic heterocycles. The average Bonchev–Trinajstić information content (AvgIpc) is 2.64. The minimum atomic E-state index is 0.439. The maximum atomic E-state index is 8.68. The van der Waals surface area contributed by atoms with Crippen LogP contribution in [0.2, 0.25) is 0 Å². The molecule has 0 unspecified atom stereocenters. The number of aryl methyl sites for hydroxylation is 2. The maximum absolute atomic E-state index is 8.68. The first kappa shape index (κ1) is 9.47. The van der Waals surface area contributed by atoms with Crippen molar-refractivity contribution in [1.82, 2.24) is 9.55 Å². The first-order valence-electron chi connectivity index (χ1n) is 4.72. The summed E-state index contributed by atoms with van der Waals surface area (Å²) in [5, 5.41) is 8.68. The zero-order valence-electron chi connectivity index (χ0n) is 8.73. The monoisotopic (exact) mass is 197 g/mol. The van der Waals surface area contributed by atoms with E-state index in [1.54, 1.807) is 12.5 Å². The summed E-state index contributed by atoms with van der Waals surface area (Å²) >= 11 is 0. The number of rotatable bonds is 1. The summed E-state index contributed by atoms with van der Waals surface area (Å²) in [6.07, 6.45) is 3.39. The zero-order valence-corrected chi connectivity index (χ0v) is 8.73. The second-order valence-corrected chi connectivity index (χ2v) is 3.62. The lowest BCUT2D eigenvalue weighted by Gasteiger charge is -2.04. The Morgan fingerprint density at radius 1 is 1.20 bits per heavy atom. The van der Waals surface area contributed by atoms with E-state index in [2.05, 4.69) is 37.0 Å². The van der Waals surface area contributed by atoms with E-state index in [-0.39, 0.29) is 0 Å². The van der Waals surface area contributed by atoms with Gasteiger partial charge in [-0.1, -0.05) is 6.07 Å². The second-order valence-electron chi connectivity index (χ2n) is 3.62. The number of aromatic nitrogens is 2. The summed E-state index contributed by atoms with van der Waals surface area (Å²) < 4.78 is 1.86. The molecule has 0 aliphatic carbocycles. The largest absolute Gasteiger partial charge is 0.305 e. The molecule has 74 valence electrons. The molecule has 1 heterocycles. The number of hydrogen-bond donors (Lipinski definition) is 0. The number of imidazole rings is 1. The van der Waals surface area contributed by atoms with Crippen LogP contribution in [-0.4, -0.2) is 9.55 Å². The molecule has 1 aromatic carbocycles. The molecule has 0 fully saturated rings. The summed E-state index contributed by atoms with van der Waals surface area (Å²) in [7, 11) is 0. The van der Waals surface area contributed by atoms with Crippen molar-refractivity contribution in [2.24, 2.45) is 0 Å². The van der Waals surface area contributed by atoms with E-state index in [0.29, 0.717) is 5.69 Å². The predicted octanol–water partition coefficient (Wildman–Crippen LogP) is 2.36. The molecule has 15 heavy (non-hydrogen) atoms. The molecular formula is C12H11N3. The molecule has 0 saturated carbocycles. The van der Waals surface area contributed by atoms with Crippen LogP contribution < -0.4 is 0 Å². The van der Waals surface area contributed by atoms with Crippen LogP contribution in [0.4, 0.5) is 0 Å². The Morgan fingerprint density at radius 2 is 1.87 bits per heavy atom. The van der Waals surface area contributed by atoms with E-state index < -0.39 is 0 Å². The van der Waals surface area contributed by atoms with Crippen LogP contribution >= 0.6 is 0 Å². The lowest BCUT2D eigenvalue weighted by atomic mass is 10.1. The Bertz CT molecular complexity index is 512. The summed E-state index contributed by atoms with van der Waals surface area (Å²) in [4.78, 5) is 3.97. The quantitative estimate of drug-likeness (QED) is 0.704. The fraction of sp³-hybridized carbons (Fsp3) is 0.167. The van der Waals surface area contributed by atoms with Gasteiger partial charge in [0, 0.05) is 11.9 Å². The highest BCUT2D eigenvalue weighted by Gasteiger charge is 2.00. The number of hydrogen-bond acceptors (Lipinski definition) is 2. The smallest absolute Gasteiger partial charge is 0.158 e. The average molecular weight is 197 g/mol. The molecule has 1 aromatic heterocycles. The van der Waals surface area contributed by atoms with Crippen molar-refractivity contribution in [1.29, 1.82) is 5.26 Å². The van der Waals surface area contributed by atoms with E-state index in [9.17, 15) is 0 Å². The first-order chi connectivity index (χ1) is 7.19. The van der Waals surface area contributed by atoms with Gasteiger partial charge in [0.1, 0.15) is 12.4 Å². The second kappa shape index (κ2) is 3.58. The van der Waals surface area contributed by atoms with Gasteiger partial charge < -0.3 is 4.57 Å². The fourth-order valence-electron chi connectivity index (χ4n) is 1.62. The third-order valence-electron chi connectivity index (χ3n) is 2.20. The fourth-order valence-corrected chi connectivity index (χ4v) is 1.62. The molecule has 0 bridgehead atoms.